The van der Waals surface area contributed by atoms with Gasteiger partial charge in [-0.05, 0) is 92.8 Å². The number of carbonyl (C=O) groups excluding carboxylic acids is 2. The second-order valence-corrected chi connectivity index (χ2v) is 12.3. The third kappa shape index (κ3) is 4.44. The fourth-order valence-electron chi connectivity index (χ4n) is 8.62. The molecule has 0 bridgehead atoms. The van der Waals surface area contributed by atoms with Crippen LogP contribution in [-0.4, -0.2) is 47.4 Å². The summed E-state index contributed by atoms with van der Waals surface area (Å²) >= 11 is 0. The Morgan fingerprint density at radius 1 is 1.06 bits per heavy atom. The molecular weight excluding hydrogens is 448 g/mol. The molecule has 198 valence electrons. The molecule has 0 heterocycles. The number of nitrogens with one attached hydrogen (secondary N) is 1. The first-order chi connectivity index (χ1) is 16.4. The molecule has 4 N–H and O–H groups in total. The summed E-state index contributed by atoms with van der Waals surface area (Å²) in [5.74, 6) is -0.0575. The maximum atomic E-state index is 12.5. The third-order valence-electron chi connectivity index (χ3n) is 10.8. The third-order valence-corrected chi connectivity index (χ3v) is 10.8. The van der Waals surface area contributed by atoms with Gasteiger partial charge in [0.1, 0.15) is 12.7 Å². The Kier molecular flexibility index (Phi) is 7.17. The summed E-state index contributed by atoms with van der Waals surface area (Å²) in [5.41, 5.74) is 6.60. The Morgan fingerprint density at radius 3 is 2.46 bits per heavy atom. The number of nitrogens with two attached hydrogens (primary N) is 1. The van der Waals surface area contributed by atoms with E-state index >= 15 is 0 Å². The zero-order valence-corrected chi connectivity index (χ0v) is 21.8. The topological polar surface area (TPSA) is 128 Å². The van der Waals surface area contributed by atoms with Crippen LogP contribution in [0.3, 0.4) is 0 Å². The van der Waals surface area contributed by atoms with E-state index in [1.165, 1.54) is 6.92 Å². The normalized spacial score (nSPS) is 43.2. The van der Waals surface area contributed by atoms with Crippen molar-refractivity contribution in [3.8, 4) is 0 Å². The first-order valence-corrected chi connectivity index (χ1v) is 13.6. The van der Waals surface area contributed by atoms with E-state index in [0.717, 1.165) is 51.4 Å². The Bertz CT molecular complexity index is 850. The zero-order valence-electron chi connectivity index (χ0n) is 21.8. The number of aliphatic carboxylic acids is 1. The Balaban J connectivity index is 1.39. The van der Waals surface area contributed by atoms with Crippen molar-refractivity contribution in [3.05, 3.63) is 0 Å². The summed E-state index contributed by atoms with van der Waals surface area (Å²) in [6.45, 7) is 7.99. The van der Waals surface area contributed by atoms with Crippen molar-refractivity contribution in [1.82, 2.24) is 5.32 Å². The van der Waals surface area contributed by atoms with Gasteiger partial charge in [-0.2, -0.15) is 0 Å². The number of hydrogen-bond donors (Lipinski definition) is 3. The Morgan fingerprint density at radius 2 is 1.80 bits per heavy atom. The molecule has 4 fully saturated rings. The van der Waals surface area contributed by atoms with Gasteiger partial charge in [0.05, 0.1) is 12.0 Å². The second kappa shape index (κ2) is 9.56. The van der Waals surface area contributed by atoms with Crippen LogP contribution >= 0.6 is 0 Å². The molecule has 0 unspecified atom stereocenters. The van der Waals surface area contributed by atoms with Crippen molar-refractivity contribution >= 4 is 18.0 Å². The van der Waals surface area contributed by atoms with E-state index in [4.69, 9.17) is 15.2 Å². The van der Waals surface area contributed by atoms with E-state index < -0.39 is 17.6 Å². The van der Waals surface area contributed by atoms with Crippen molar-refractivity contribution in [2.24, 2.45) is 40.2 Å². The van der Waals surface area contributed by atoms with Crippen LogP contribution in [0.2, 0.25) is 0 Å². The molecular formula is C27H44N2O6. The highest BCUT2D eigenvalue weighted by molar-refractivity contribution is 5.72. The SMILES string of the molecule is CC[C@@H](COC(C)=O)NC(=O)O[C@H]1CC[C@@]2(C)[C@H](CC[C@@H]3[C@@H]2CC[C@]2(C)[C@@H](C(=O)O)CC[C@]32N)C1. The van der Waals surface area contributed by atoms with Crippen LogP contribution in [0.1, 0.15) is 91.9 Å². The predicted molar refractivity (Wildman–Crippen MR) is 130 cm³/mol. The summed E-state index contributed by atoms with van der Waals surface area (Å²) < 4.78 is 10.9. The molecule has 4 aliphatic rings. The molecule has 8 heteroatoms. The van der Waals surface area contributed by atoms with Crippen molar-refractivity contribution < 1.29 is 29.0 Å². The number of esters is 1. The summed E-state index contributed by atoms with van der Waals surface area (Å²) in [6.07, 6.45) is 8.29. The summed E-state index contributed by atoms with van der Waals surface area (Å²) in [6, 6.07) is -0.256. The highest BCUT2D eigenvalue weighted by Gasteiger charge is 2.67. The van der Waals surface area contributed by atoms with E-state index in [1.54, 1.807) is 0 Å². The maximum absolute atomic E-state index is 12.5. The number of hydrogen-bond acceptors (Lipinski definition) is 6. The van der Waals surface area contributed by atoms with E-state index in [1.807, 2.05) is 6.92 Å². The Labute approximate surface area is 209 Å². The average Bonchev–Trinajstić information content (AvgIpc) is 3.08. The molecule has 0 aliphatic heterocycles. The highest BCUT2D eigenvalue weighted by atomic mass is 16.6. The second-order valence-electron chi connectivity index (χ2n) is 12.3. The van der Waals surface area contributed by atoms with Gasteiger partial charge < -0.3 is 25.6 Å². The molecule has 0 aromatic carbocycles. The van der Waals surface area contributed by atoms with Crippen LogP contribution in [-0.2, 0) is 19.1 Å². The zero-order chi connectivity index (χ0) is 25.6. The largest absolute Gasteiger partial charge is 0.481 e. The minimum absolute atomic E-state index is 0.112. The molecule has 0 aromatic rings. The minimum atomic E-state index is -0.688. The number of amides is 1. The molecule has 0 aromatic heterocycles. The van der Waals surface area contributed by atoms with Crippen molar-refractivity contribution in [3.63, 3.8) is 0 Å². The van der Waals surface area contributed by atoms with Gasteiger partial charge >= 0.3 is 18.0 Å². The molecule has 9 atom stereocenters. The molecule has 4 aliphatic carbocycles. The van der Waals surface area contributed by atoms with Gasteiger partial charge in [0.2, 0.25) is 0 Å². The number of rotatable bonds is 6. The fourth-order valence-corrected chi connectivity index (χ4v) is 8.62. The van der Waals surface area contributed by atoms with Crippen LogP contribution in [0.5, 0.6) is 0 Å². The maximum Gasteiger partial charge on any atom is 0.407 e. The number of fused-ring (bicyclic) bond motifs is 5. The van der Waals surface area contributed by atoms with Crippen molar-refractivity contribution in [2.75, 3.05) is 6.61 Å². The van der Waals surface area contributed by atoms with Gasteiger partial charge in [-0.15, -0.1) is 0 Å². The molecule has 1 amide bonds. The van der Waals surface area contributed by atoms with E-state index in [0.29, 0.717) is 30.6 Å². The first kappa shape index (κ1) is 26.2. The number of ether oxygens (including phenoxy) is 2. The predicted octanol–water partition coefficient (Wildman–Crippen LogP) is 4.25. The monoisotopic (exact) mass is 492 g/mol. The van der Waals surface area contributed by atoms with E-state index in [9.17, 15) is 19.5 Å². The molecule has 4 rings (SSSR count). The number of carboxylic acid groups (broad SMARTS) is 1. The molecule has 0 radical (unpaired) electrons. The van der Waals surface area contributed by atoms with Crippen molar-refractivity contribution in [2.45, 2.75) is 110 Å². The minimum Gasteiger partial charge on any atom is -0.481 e. The van der Waals surface area contributed by atoms with Gasteiger partial charge in [-0.1, -0.05) is 20.8 Å². The van der Waals surface area contributed by atoms with Crippen LogP contribution < -0.4 is 11.1 Å². The van der Waals surface area contributed by atoms with E-state index in [-0.39, 0.29) is 41.5 Å². The number of alkyl carbamates (subject to hydrolysis) is 1. The van der Waals surface area contributed by atoms with Crippen LogP contribution in [0.4, 0.5) is 4.79 Å². The standard InChI is InChI=1S/C27H44N2O6/c1-5-18(15-34-16(2)30)29-24(33)35-19-8-11-25(3)17(14-19)6-7-21-20(25)9-12-26(4)22(23(31)32)10-13-27(21,26)28/h17-22H,5-15,28H2,1-4H3,(H,29,33)(H,31,32)/t17-,18+,19+,20+,21-,22-,25+,26-,27+/m1/s1. The molecule has 8 nitrogen and oxygen atoms in total. The summed E-state index contributed by atoms with van der Waals surface area (Å²) in [5, 5.41) is 12.7. The van der Waals surface area contributed by atoms with Gasteiger partial charge in [0, 0.05) is 12.5 Å². The molecule has 35 heavy (non-hydrogen) atoms. The lowest BCUT2D eigenvalue weighted by molar-refractivity contribution is -0.157. The van der Waals surface area contributed by atoms with E-state index in [2.05, 4.69) is 19.2 Å². The molecule has 4 saturated carbocycles. The summed E-state index contributed by atoms with van der Waals surface area (Å²) in [7, 11) is 0. The lowest BCUT2D eigenvalue weighted by atomic mass is 9.42. The van der Waals surface area contributed by atoms with Crippen LogP contribution in [0, 0.1) is 34.5 Å². The smallest absolute Gasteiger partial charge is 0.407 e. The number of carbonyl (C=O) groups is 3. The van der Waals surface area contributed by atoms with Gasteiger partial charge in [0.15, 0.2) is 0 Å². The highest BCUT2D eigenvalue weighted by Crippen LogP contribution is 2.68. The lowest BCUT2D eigenvalue weighted by Crippen LogP contribution is -2.66. The van der Waals surface area contributed by atoms with Gasteiger partial charge in [-0.25, -0.2) is 4.79 Å². The lowest BCUT2D eigenvalue weighted by Gasteiger charge is -2.64. The average molecular weight is 493 g/mol. The fraction of sp³-hybridized carbons (Fsp3) is 0.889. The summed E-state index contributed by atoms with van der Waals surface area (Å²) in [4.78, 5) is 35.6. The number of carboxylic acids is 1. The van der Waals surface area contributed by atoms with Crippen LogP contribution in [0.15, 0.2) is 0 Å². The molecule has 0 saturated heterocycles. The van der Waals surface area contributed by atoms with Gasteiger partial charge in [-0.3, -0.25) is 9.59 Å². The molecule has 0 spiro atoms. The van der Waals surface area contributed by atoms with Crippen molar-refractivity contribution in [1.29, 1.82) is 0 Å². The quantitative estimate of drug-likeness (QED) is 0.473. The Hall–Kier alpha value is -1.83. The van der Waals surface area contributed by atoms with Gasteiger partial charge in [0.25, 0.3) is 0 Å². The van der Waals surface area contributed by atoms with Crippen LogP contribution in [0.25, 0.3) is 0 Å². The first-order valence-electron chi connectivity index (χ1n) is 13.6.